The highest BCUT2D eigenvalue weighted by Crippen LogP contribution is 2.28. The Kier molecular flexibility index (Phi) is 5.44. The quantitative estimate of drug-likeness (QED) is 0.668. The zero-order chi connectivity index (χ0) is 17.9. The molecule has 3 rings (SSSR count). The van der Waals surface area contributed by atoms with Gasteiger partial charge in [-0.05, 0) is 51.7 Å². The third-order valence-electron chi connectivity index (χ3n) is 3.72. The van der Waals surface area contributed by atoms with E-state index in [-0.39, 0.29) is 17.2 Å². The summed E-state index contributed by atoms with van der Waals surface area (Å²) in [7, 11) is -2.34. The number of thiophene rings is 1. The molecule has 25 heavy (non-hydrogen) atoms. The van der Waals surface area contributed by atoms with Gasteiger partial charge in [-0.15, -0.1) is 0 Å². The highest BCUT2D eigenvalue weighted by molar-refractivity contribution is 7.89. The van der Waals surface area contributed by atoms with Gasteiger partial charge in [-0.2, -0.15) is 11.3 Å². The SMILES string of the molecule is COc1ccc(Cl)cc1S(=O)(=O)NCc1ccccc1-c1ccsc1. The maximum Gasteiger partial charge on any atom is 0.244 e. The smallest absolute Gasteiger partial charge is 0.244 e. The highest BCUT2D eigenvalue weighted by Gasteiger charge is 2.20. The normalized spacial score (nSPS) is 11.4. The first-order chi connectivity index (χ1) is 12.0. The van der Waals surface area contributed by atoms with Gasteiger partial charge >= 0.3 is 0 Å². The average molecular weight is 394 g/mol. The summed E-state index contributed by atoms with van der Waals surface area (Å²) < 4.78 is 33.2. The van der Waals surface area contributed by atoms with Crippen molar-refractivity contribution in [2.75, 3.05) is 7.11 Å². The van der Waals surface area contributed by atoms with Crippen molar-refractivity contribution in [3.8, 4) is 16.9 Å². The number of hydrogen-bond donors (Lipinski definition) is 1. The van der Waals surface area contributed by atoms with Crippen LogP contribution in [-0.4, -0.2) is 15.5 Å². The number of nitrogens with one attached hydrogen (secondary N) is 1. The Bertz CT molecular complexity index is 970. The molecule has 1 N–H and O–H groups in total. The molecule has 0 spiro atoms. The molecule has 7 heteroatoms. The number of halogens is 1. The first-order valence-corrected chi connectivity index (χ1v) is 10.3. The summed E-state index contributed by atoms with van der Waals surface area (Å²) in [5.74, 6) is 0.253. The van der Waals surface area contributed by atoms with E-state index in [9.17, 15) is 8.42 Å². The van der Waals surface area contributed by atoms with Crippen LogP contribution in [0.5, 0.6) is 5.75 Å². The third-order valence-corrected chi connectivity index (χ3v) is 6.06. The van der Waals surface area contributed by atoms with E-state index in [1.54, 1.807) is 17.4 Å². The summed E-state index contributed by atoms with van der Waals surface area (Å²) in [6.07, 6.45) is 0. The van der Waals surface area contributed by atoms with Crippen molar-refractivity contribution in [3.05, 3.63) is 69.9 Å². The van der Waals surface area contributed by atoms with Crippen molar-refractivity contribution in [1.82, 2.24) is 4.72 Å². The Balaban J connectivity index is 1.88. The minimum atomic E-state index is -3.77. The summed E-state index contributed by atoms with van der Waals surface area (Å²) in [4.78, 5) is 0.0236. The van der Waals surface area contributed by atoms with Crippen LogP contribution in [0.1, 0.15) is 5.56 Å². The van der Waals surface area contributed by atoms with Gasteiger partial charge in [0.25, 0.3) is 0 Å². The molecule has 2 aromatic carbocycles. The molecular weight excluding hydrogens is 378 g/mol. The van der Waals surface area contributed by atoms with Crippen LogP contribution < -0.4 is 9.46 Å². The summed E-state index contributed by atoms with van der Waals surface area (Å²) in [6, 6.07) is 14.2. The predicted molar refractivity (Wildman–Crippen MR) is 102 cm³/mol. The number of benzene rings is 2. The molecule has 4 nitrogen and oxygen atoms in total. The lowest BCUT2D eigenvalue weighted by molar-refractivity contribution is 0.402. The maximum atomic E-state index is 12.7. The summed E-state index contributed by atoms with van der Waals surface area (Å²) in [5, 5.41) is 4.36. The van der Waals surface area contributed by atoms with E-state index < -0.39 is 10.0 Å². The van der Waals surface area contributed by atoms with Gasteiger partial charge in [0.05, 0.1) is 7.11 Å². The van der Waals surface area contributed by atoms with Gasteiger partial charge in [0.1, 0.15) is 10.6 Å². The van der Waals surface area contributed by atoms with Crippen molar-refractivity contribution < 1.29 is 13.2 Å². The highest BCUT2D eigenvalue weighted by atomic mass is 35.5. The van der Waals surface area contributed by atoms with Crippen LogP contribution in [0.4, 0.5) is 0 Å². The molecule has 1 aromatic heterocycles. The largest absolute Gasteiger partial charge is 0.495 e. The number of rotatable bonds is 6. The van der Waals surface area contributed by atoms with Gasteiger partial charge < -0.3 is 4.74 Å². The van der Waals surface area contributed by atoms with Crippen LogP contribution >= 0.6 is 22.9 Å². The molecule has 130 valence electrons. The van der Waals surface area contributed by atoms with Crippen LogP contribution in [0.3, 0.4) is 0 Å². The molecule has 0 fully saturated rings. The van der Waals surface area contributed by atoms with E-state index in [0.29, 0.717) is 5.02 Å². The number of methoxy groups -OCH3 is 1. The number of sulfonamides is 1. The van der Waals surface area contributed by atoms with Gasteiger partial charge in [-0.25, -0.2) is 13.1 Å². The second kappa shape index (κ2) is 7.58. The fraction of sp³-hybridized carbons (Fsp3) is 0.111. The molecule has 3 aromatic rings. The van der Waals surface area contributed by atoms with Crippen molar-refractivity contribution in [2.45, 2.75) is 11.4 Å². The van der Waals surface area contributed by atoms with Gasteiger partial charge in [0.15, 0.2) is 0 Å². The fourth-order valence-electron chi connectivity index (χ4n) is 2.48. The Hall–Kier alpha value is -1.86. The standard InChI is InChI=1S/C18H16ClNO3S2/c1-23-17-7-6-15(19)10-18(17)25(21,22)20-11-13-4-2-3-5-16(13)14-8-9-24-12-14/h2-10,12,20H,11H2,1H3. The second-order valence-corrected chi connectivity index (χ2v) is 8.24. The molecular formula is C18H16ClNO3S2. The minimum absolute atomic E-state index is 0.0236. The Morgan fingerprint density at radius 3 is 2.68 bits per heavy atom. The van der Waals surface area contributed by atoms with Crippen LogP contribution in [0.25, 0.3) is 11.1 Å². The van der Waals surface area contributed by atoms with Gasteiger partial charge in [-0.3, -0.25) is 0 Å². The van der Waals surface area contributed by atoms with E-state index in [2.05, 4.69) is 4.72 Å². The molecule has 0 aliphatic heterocycles. The molecule has 0 saturated carbocycles. The maximum absolute atomic E-state index is 12.7. The second-order valence-electron chi connectivity index (χ2n) is 5.29. The molecule has 0 atom stereocenters. The van der Waals surface area contributed by atoms with Crippen LogP contribution in [0.2, 0.25) is 5.02 Å². The molecule has 0 amide bonds. The van der Waals surface area contributed by atoms with Crippen LogP contribution in [0, 0.1) is 0 Å². The molecule has 0 aliphatic carbocycles. The fourth-order valence-corrected chi connectivity index (χ4v) is 4.58. The molecule has 0 bridgehead atoms. The Labute approximate surface area is 156 Å². The van der Waals surface area contributed by atoms with E-state index in [4.69, 9.17) is 16.3 Å². The van der Waals surface area contributed by atoms with Gasteiger partial charge in [-0.1, -0.05) is 35.9 Å². The first kappa shape index (κ1) is 17.9. The lowest BCUT2D eigenvalue weighted by Gasteiger charge is -2.13. The minimum Gasteiger partial charge on any atom is -0.495 e. The van der Waals surface area contributed by atoms with E-state index in [1.807, 2.05) is 41.1 Å². The van der Waals surface area contributed by atoms with E-state index >= 15 is 0 Å². The zero-order valence-corrected chi connectivity index (χ0v) is 15.8. The number of hydrogen-bond acceptors (Lipinski definition) is 4. The van der Waals surface area contributed by atoms with E-state index in [0.717, 1.165) is 16.7 Å². The summed E-state index contributed by atoms with van der Waals surface area (Å²) >= 11 is 7.54. The van der Waals surface area contributed by atoms with Crippen molar-refractivity contribution in [3.63, 3.8) is 0 Å². The first-order valence-electron chi connectivity index (χ1n) is 7.45. The Morgan fingerprint density at radius 1 is 1.16 bits per heavy atom. The number of ether oxygens (including phenoxy) is 1. The van der Waals surface area contributed by atoms with Crippen LogP contribution in [-0.2, 0) is 16.6 Å². The van der Waals surface area contributed by atoms with Crippen LogP contribution in [0.15, 0.2) is 64.2 Å². The molecule has 0 unspecified atom stereocenters. The topological polar surface area (TPSA) is 55.4 Å². The Morgan fingerprint density at radius 2 is 1.96 bits per heavy atom. The summed E-state index contributed by atoms with van der Waals surface area (Å²) in [5.41, 5.74) is 2.97. The predicted octanol–water partition coefficient (Wildman–Crippen LogP) is 4.56. The molecule has 0 saturated heterocycles. The lowest BCUT2D eigenvalue weighted by Crippen LogP contribution is -2.24. The van der Waals surface area contributed by atoms with E-state index in [1.165, 1.54) is 19.2 Å². The lowest BCUT2D eigenvalue weighted by atomic mass is 10.0. The van der Waals surface area contributed by atoms with Crippen molar-refractivity contribution in [2.24, 2.45) is 0 Å². The molecule has 1 heterocycles. The molecule has 0 radical (unpaired) electrons. The third kappa shape index (κ3) is 4.04. The molecule has 0 aliphatic rings. The average Bonchev–Trinajstić information content (AvgIpc) is 3.15. The zero-order valence-electron chi connectivity index (χ0n) is 13.4. The summed E-state index contributed by atoms with van der Waals surface area (Å²) in [6.45, 7) is 0.171. The van der Waals surface area contributed by atoms with Crippen molar-refractivity contribution in [1.29, 1.82) is 0 Å². The van der Waals surface area contributed by atoms with Gasteiger partial charge in [0, 0.05) is 11.6 Å². The van der Waals surface area contributed by atoms with Gasteiger partial charge in [0.2, 0.25) is 10.0 Å². The van der Waals surface area contributed by atoms with Crippen molar-refractivity contribution >= 4 is 33.0 Å². The monoisotopic (exact) mass is 393 g/mol.